The van der Waals surface area contributed by atoms with E-state index in [0.717, 1.165) is 18.2 Å². The van der Waals surface area contributed by atoms with Gasteiger partial charge in [0.2, 0.25) is 12.4 Å². The molecule has 49 heavy (non-hydrogen) atoms. The van der Waals surface area contributed by atoms with Crippen molar-refractivity contribution in [2.75, 3.05) is 0 Å². The number of halogens is 8. The van der Waals surface area contributed by atoms with Crippen molar-refractivity contribution in [2.24, 2.45) is 9.98 Å². The number of hydrogen-bond donors (Lipinski definition) is 0. The molecule has 0 heterocycles. The van der Waals surface area contributed by atoms with Crippen LogP contribution in [0.3, 0.4) is 0 Å². The number of nitrogens with zero attached hydrogens (tertiary/aromatic N) is 4. The zero-order valence-corrected chi connectivity index (χ0v) is 24.8. The molecule has 4 nitrogen and oxygen atoms in total. The van der Waals surface area contributed by atoms with E-state index >= 15 is 0 Å². The van der Waals surface area contributed by atoms with Gasteiger partial charge in [-0.15, -0.1) is 0 Å². The van der Waals surface area contributed by atoms with Crippen LogP contribution in [0.1, 0.15) is 16.7 Å². The van der Waals surface area contributed by atoms with Gasteiger partial charge in [-0.05, 0) is 98.8 Å². The third-order valence-electron chi connectivity index (χ3n) is 8.74. The number of fused-ring (bicyclic) bond motifs is 6. The molecule has 0 atom stereocenters. The molecule has 0 radical (unpaired) electrons. The molecular formula is C37H16F8N4. The summed E-state index contributed by atoms with van der Waals surface area (Å²) >= 11 is 0. The number of benzene rings is 5. The SMILES string of the molecule is Cc1c(-c2ccc(C(F)(F)F)c(F)c2)ccc2c1c(=NC#N)c1cc3c(cc12)c(=NC#N)c1cc(-c2ccc(C(F)(F)F)c(F)c2)ccc13. The van der Waals surface area contributed by atoms with Crippen molar-refractivity contribution >= 4 is 43.1 Å². The van der Waals surface area contributed by atoms with Gasteiger partial charge in [0.25, 0.3) is 0 Å². The highest BCUT2D eigenvalue weighted by Crippen LogP contribution is 2.39. The maximum Gasteiger partial charge on any atom is 0.419 e. The van der Waals surface area contributed by atoms with Crippen molar-refractivity contribution < 1.29 is 35.1 Å². The lowest BCUT2D eigenvalue weighted by Gasteiger charge is -2.12. The summed E-state index contributed by atoms with van der Waals surface area (Å²) in [7, 11) is 0. The molecule has 0 bridgehead atoms. The average molecular weight is 669 g/mol. The van der Waals surface area contributed by atoms with Gasteiger partial charge in [-0.1, -0.05) is 36.4 Å². The van der Waals surface area contributed by atoms with E-state index < -0.39 is 35.1 Å². The van der Waals surface area contributed by atoms with Crippen LogP contribution in [-0.2, 0) is 12.4 Å². The van der Waals surface area contributed by atoms with Gasteiger partial charge >= 0.3 is 12.4 Å². The molecule has 7 aromatic rings. The summed E-state index contributed by atoms with van der Waals surface area (Å²) in [6.07, 6.45) is -6.13. The number of hydrogen-bond acceptors (Lipinski definition) is 4. The Bertz CT molecular complexity index is 2750. The summed E-state index contributed by atoms with van der Waals surface area (Å²) in [5.74, 6) is -2.86. The molecular weight excluding hydrogens is 652 g/mol. The molecule has 7 rings (SSSR count). The first-order valence-corrected chi connectivity index (χ1v) is 14.4. The number of alkyl halides is 6. The number of rotatable bonds is 2. The van der Waals surface area contributed by atoms with Gasteiger partial charge in [0.05, 0.1) is 21.8 Å². The zero-order valence-electron chi connectivity index (χ0n) is 24.8. The maximum absolute atomic E-state index is 14.5. The van der Waals surface area contributed by atoms with E-state index in [-0.39, 0.29) is 21.8 Å². The monoisotopic (exact) mass is 668 g/mol. The van der Waals surface area contributed by atoms with E-state index in [9.17, 15) is 45.6 Å². The predicted octanol–water partition coefficient (Wildman–Crippen LogP) is 9.90. The lowest BCUT2D eigenvalue weighted by Crippen LogP contribution is -2.08. The average Bonchev–Trinajstić information content (AvgIpc) is 3.51. The van der Waals surface area contributed by atoms with E-state index in [1.165, 1.54) is 6.07 Å². The zero-order chi connectivity index (χ0) is 35.0. The molecule has 0 spiro atoms. The summed E-state index contributed by atoms with van der Waals surface area (Å²) in [5, 5.41) is 24.4. The number of nitriles is 2. The second-order valence-electron chi connectivity index (χ2n) is 11.4. The Labute approximate surface area is 270 Å². The first-order valence-electron chi connectivity index (χ1n) is 14.4. The van der Waals surface area contributed by atoms with Crippen LogP contribution < -0.4 is 10.7 Å². The van der Waals surface area contributed by atoms with E-state index in [1.807, 2.05) is 0 Å². The Morgan fingerprint density at radius 2 is 0.980 bits per heavy atom. The van der Waals surface area contributed by atoms with Crippen LogP contribution >= 0.6 is 0 Å². The van der Waals surface area contributed by atoms with Gasteiger partial charge in [0.1, 0.15) is 11.6 Å². The second-order valence-corrected chi connectivity index (χ2v) is 11.4. The minimum atomic E-state index is -4.86. The molecule has 0 N–H and O–H groups in total. The Hall–Kier alpha value is -6.14. The highest BCUT2D eigenvalue weighted by atomic mass is 19.4. The molecule has 0 aliphatic carbocycles. The maximum atomic E-state index is 14.5. The van der Waals surface area contributed by atoms with Crippen LogP contribution in [0.2, 0.25) is 0 Å². The standard InChI is InChI=1S/C37H16F8N4/c1-17-21(20-4-9-30(32(39)12-20)37(43,44)45)6-7-23-25-14-27-24(13-28(25)35(33(17)23)49-16-47)22-5-2-18(10-26(22)34(27)48-15-46)19-3-8-29(31(38)11-19)36(40,41)42/h2-14H,1H3. The molecule has 12 heteroatoms. The first kappa shape index (κ1) is 31.5. The summed E-state index contributed by atoms with van der Waals surface area (Å²) < 4.78 is 108. The Kier molecular flexibility index (Phi) is 7.04. The van der Waals surface area contributed by atoms with Gasteiger partial charge in [-0.25, -0.2) is 8.78 Å². The molecule has 0 saturated heterocycles. The fourth-order valence-electron chi connectivity index (χ4n) is 6.60. The number of aryl methyl sites for hydroxylation is 1. The minimum absolute atomic E-state index is 0.180. The molecule has 0 amide bonds. The highest BCUT2D eigenvalue weighted by Gasteiger charge is 2.35. The van der Waals surface area contributed by atoms with Gasteiger partial charge in [0.15, 0.2) is 0 Å². The van der Waals surface area contributed by atoms with Gasteiger partial charge in [-0.3, -0.25) is 0 Å². The van der Waals surface area contributed by atoms with Crippen LogP contribution in [-0.4, -0.2) is 0 Å². The molecule has 0 aromatic heterocycles. The molecule has 0 unspecified atom stereocenters. The van der Waals surface area contributed by atoms with E-state index in [1.54, 1.807) is 61.8 Å². The third kappa shape index (κ3) is 4.95. The molecule has 240 valence electrons. The van der Waals surface area contributed by atoms with E-state index in [4.69, 9.17) is 0 Å². The quantitative estimate of drug-likeness (QED) is 0.136. The fourth-order valence-corrected chi connectivity index (χ4v) is 6.60. The topological polar surface area (TPSA) is 72.3 Å². The Morgan fingerprint density at radius 1 is 0.510 bits per heavy atom. The Morgan fingerprint density at radius 3 is 1.57 bits per heavy atom. The van der Waals surface area contributed by atoms with Crippen LogP contribution in [0.15, 0.2) is 88.8 Å². The molecule has 0 saturated carbocycles. The van der Waals surface area contributed by atoms with Crippen molar-refractivity contribution in [2.45, 2.75) is 19.3 Å². The van der Waals surface area contributed by atoms with Gasteiger partial charge in [0, 0.05) is 21.5 Å². The lowest BCUT2D eigenvalue weighted by atomic mass is 9.95. The van der Waals surface area contributed by atoms with Crippen LogP contribution in [0.25, 0.3) is 65.3 Å². The molecule has 7 aromatic carbocycles. The predicted molar refractivity (Wildman–Crippen MR) is 167 cm³/mol. The van der Waals surface area contributed by atoms with E-state index in [2.05, 4.69) is 9.98 Å². The summed E-state index contributed by atoms with van der Waals surface area (Å²) in [5.41, 5.74) is -1.05. The smallest absolute Gasteiger partial charge is 0.206 e. The summed E-state index contributed by atoms with van der Waals surface area (Å²) in [4.78, 5) is 8.14. The second kappa shape index (κ2) is 11.0. The Balaban J connectivity index is 1.48. The normalized spacial score (nSPS) is 13.2. The molecule has 0 aliphatic rings. The van der Waals surface area contributed by atoms with Crippen molar-refractivity contribution in [3.05, 3.63) is 118 Å². The lowest BCUT2D eigenvalue weighted by molar-refractivity contribution is -0.140. The van der Waals surface area contributed by atoms with Gasteiger partial charge < -0.3 is 0 Å². The van der Waals surface area contributed by atoms with Crippen molar-refractivity contribution in [1.29, 1.82) is 10.5 Å². The van der Waals surface area contributed by atoms with Crippen molar-refractivity contribution in [3.63, 3.8) is 0 Å². The fraction of sp³-hybridized carbons (Fsp3) is 0.0811. The minimum Gasteiger partial charge on any atom is -0.206 e. The summed E-state index contributed by atoms with van der Waals surface area (Å²) in [6.45, 7) is 1.69. The van der Waals surface area contributed by atoms with Gasteiger partial charge in [-0.2, -0.15) is 46.9 Å². The van der Waals surface area contributed by atoms with Crippen molar-refractivity contribution in [3.8, 4) is 34.6 Å². The first-order chi connectivity index (χ1) is 23.2. The van der Waals surface area contributed by atoms with Crippen LogP contribution in [0.5, 0.6) is 0 Å². The van der Waals surface area contributed by atoms with Crippen molar-refractivity contribution in [1.82, 2.24) is 0 Å². The van der Waals surface area contributed by atoms with E-state index in [0.29, 0.717) is 71.9 Å². The third-order valence-corrected chi connectivity index (χ3v) is 8.74. The van der Waals surface area contributed by atoms with Crippen LogP contribution in [0.4, 0.5) is 35.1 Å². The highest BCUT2D eigenvalue weighted by molar-refractivity contribution is 6.22. The molecule has 0 aliphatic heterocycles. The summed E-state index contributed by atoms with van der Waals surface area (Å²) in [6, 6.07) is 17.0. The molecule has 0 fully saturated rings. The van der Waals surface area contributed by atoms with Crippen LogP contribution in [0, 0.1) is 41.5 Å². The largest absolute Gasteiger partial charge is 0.419 e.